The van der Waals surface area contributed by atoms with E-state index in [1.165, 1.54) is 11.3 Å². The lowest BCUT2D eigenvalue weighted by molar-refractivity contribution is -0.137. The van der Waals surface area contributed by atoms with Gasteiger partial charge in [-0.2, -0.15) is 0 Å². The first-order valence-corrected chi connectivity index (χ1v) is 7.37. The van der Waals surface area contributed by atoms with Crippen molar-refractivity contribution in [1.82, 2.24) is 20.1 Å². The van der Waals surface area contributed by atoms with Crippen molar-refractivity contribution in [2.75, 3.05) is 32.7 Å². The lowest BCUT2D eigenvalue weighted by Gasteiger charge is -2.34. The first-order chi connectivity index (χ1) is 9.65. The summed E-state index contributed by atoms with van der Waals surface area (Å²) in [6, 6.07) is -0.0729. The quantitative estimate of drug-likeness (QED) is 0.824. The molecule has 20 heavy (non-hydrogen) atoms. The maximum absolute atomic E-state index is 12.0. The highest BCUT2D eigenvalue weighted by Gasteiger charge is 2.21. The zero-order valence-electron chi connectivity index (χ0n) is 11.1. The zero-order valence-corrected chi connectivity index (χ0v) is 11.9. The normalized spacial score (nSPS) is 16.1. The second kappa shape index (κ2) is 7.20. The lowest BCUT2D eigenvalue weighted by Crippen LogP contribution is -2.51. The van der Waals surface area contributed by atoms with Crippen LogP contribution in [0.3, 0.4) is 0 Å². The number of hydrogen-bond donors (Lipinski definition) is 2. The van der Waals surface area contributed by atoms with Gasteiger partial charge in [0.25, 0.3) is 0 Å². The molecule has 1 aliphatic rings. The molecule has 2 heterocycles. The number of piperazine rings is 1. The number of carboxylic acids is 1. The molecule has 0 radical (unpaired) electrons. The maximum atomic E-state index is 12.0. The molecular formula is C12H18N4O3S. The van der Waals surface area contributed by atoms with Gasteiger partial charge in [0, 0.05) is 43.8 Å². The van der Waals surface area contributed by atoms with Gasteiger partial charge in [-0.25, -0.2) is 4.79 Å². The van der Waals surface area contributed by atoms with Crippen molar-refractivity contribution >= 4 is 23.3 Å². The van der Waals surface area contributed by atoms with Gasteiger partial charge in [-0.15, -0.1) is 11.3 Å². The number of nitrogens with zero attached hydrogens (tertiary/aromatic N) is 3. The van der Waals surface area contributed by atoms with Crippen LogP contribution in [0.25, 0.3) is 0 Å². The number of carbonyl (C=O) groups is 2. The molecule has 110 valence electrons. The van der Waals surface area contributed by atoms with Crippen LogP contribution in [-0.2, 0) is 11.3 Å². The molecule has 0 spiro atoms. The van der Waals surface area contributed by atoms with E-state index in [9.17, 15) is 9.59 Å². The van der Waals surface area contributed by atoms with Gasteiger partial charge >= 0.3 is 12.0 Å². The second-order valence-electron chi connectivity index (χ2n) is 4.60. The molecule has 0 aromatic carbocycles. The third-order valence-corrected chi connectivity index (χ3v) is 3.98. The number of amides is 2. The van der Waals surface area contributed by atoms with E-state index in [4.69, 9.17) is 5.11 Å². The van der Waals surface area contributed by atoms with Crippen LogP contribution >= 0.6 is 11.3 Å². The van der Waals surface area contributed by atoms with Gasteiger partial charge in [0.05, 0.1) is 18.5 Å². The summed E-state index contributed by atoms with van der Waals surface area (Å²) in [7, 11) is 0. The summed E-state index contributed by atoms with van der Waals surface area (Å²) in [4.78, 5) is 31.3. The van der Waals surface area contributed by atoms with E-state index < -0.39 is 5.97 Å². The molecule has 1 aromatic heterocycles. The minimum absolute atomic E-state index is 0.0729. The molecule has 1 fully saturated rings. The molecule has 1 aromatic rings. The number of nitrogens with one attached hydrogen (secondary N) is 1. The summed E-state index contributed by atoms with van der Waals surface area (Å²) in [5, 5.41) is 11.5. The van der Waals surface area contributed by atoms with Gasteiger partial charge in [0.2, 0.25) is 0 Å². The van der Waals surface area contributed by atoms with E-state index in [0.29, 0.717) is 26.2 Å². The standard InChI is InChI=1S/C12H18N4O3S/c17-11(18)1-2-15-3-5-16(6-4-15)12(19)14-8-10-7-13-9-20-10/h7,9H,1-6,8H2,(H,14,19)(H,17,18). The molecule has 1 saturated heterocycles. The largest absolute Gasteiger partial charge is 0.481 e. The third kappa shape index (κ3) is 4.46. The van der Waals surface area contributed by atoms with Crippen molar-refractivity contribution < 1.29 is 14.7 Å². The highest BCUT2D eigenvalue weighted by atomic mass is 32.1. The van der Waals surface area contributed by atoms with Crippen LogP contribution < -0.4 is 5.32 Å². The van der Waals surface area contributed by atoms with Gasteiger partial charge < -0.3 is 15.3 Å². The van der Waals surface area contributed by atoms with Crippen molar-refractivity contribution in [1.29, 1.82) is 0 Å². The highest BCUT2D eigenvalue weighted by molar-refractivity contribution is 7.09. The fourth-order valence-electron chi connectivity index (χ4n) is 2.03. The molecule has 7 nitrogen and oxygen atoms in total. The van der Waals surface area contributed by atoms with Crippen LogP contribution in [0.15, 0.2) is 11.7 Å². The van der Waals surface area contributed by atoms with Crippen LogP contribution in [0.2, 0.25) is 0 Å². The first-order valence-electron chi connectivity index (χ1n) is 6.49. The van der Waals surface area contributed by atoms with Crippen LogP contribution in [0.5, 0.6) is 0 Å². The Labute approximate surface area is 121 Å². The SMILES string of the molecule is O=C(O)CCN1CCN(C(=O)NCc2cncs2)CC1. The Morgan fingerprint density at radius 2 is 2.10 bits per heavy atom. The third-order valence-electron chi connectivity index (χ3n) is 3.20. The van der Waals surface area contributed by atoms with E-state index in [1.54, 1.807) is 16.6 Å². The Morgan fingerprint density at radius 3 is 2.70 bits per heavy atom. The van der Waals surface area contributed by atoms with E-state index in [0.717, 1.165) is 18.0 Å². The summed E-state index contributed by atoms with van der Waals surface area (Å²) in [5.41, 5.74) is 1.74. The van der Waals surface area contributed by atoms with E-state index in [-0.39, 0.29) is 12.5 Å². The van der Waals surface area contributed by atoms with Crippen molar-refractivity contribution in [3.05, 3.63) is 16.6 Å². The zero-order chi connectivity index (χ0) is 14.4. The molecule has 0 saturated carbocycles. The summed E-state index contributed by atoms with van der Waals surface area (Å²) in [6.07, 6.45) is 1.90. The Balaban J connectivity index is 1.67. The van der Waals surface area contributed by atoms with Crippen LogP contribution in [0, 0.1) is 0 Å². The van der Waals surface area contributed by atoms with Crippen LogP contribution in [0.1, 0.15) is 11.3 Å². The number of hydrogen-bond acceptors (Lipinski definition) is 5. The van der Waals surface area contributed by atoms with Crippen LogP contribution in [0.4, 0.5) is 4.79 Å². The number of carbonyl (C=O) groups excluding carboxylic acids is 1. The Morgan fingerprint density at radius 1 is 1.35 bits per heavy atom. The number of aromatic nitrogens is 1. The molecule has 0 atom stereocenters. The Hall–Kier alpha value is -1.67. The van der Waals surface area contributed by atoms with Crippen molar-refractivity contribution in [3.8, 4) is 0 Å². The first kappa shape index (κ1) is 14.7. The van der Waals surface area contributed by atoms with E-state index in [1.807, 2.05) is 0 Å². The van der Waals surface area contributed by atoms with E-state index in [2.05, 4.69) is 15.2 Å². The molecule has 2 rings (SSSR count). The summed E-state index contributed by atoms with van der Waals surface area (Å²) in [6.45, 7) is 3.76. The smallest absolute Gasteiger partial charge is 0.317 e. The molecule has 1 aliphatic heterocycles. The molecular weight excluding hydrogens is 280 g/mol. The van der Waals surface area contributed by atoms with Crippen molar-refractivity contribution in [2.45, 2.75) is 13.0 Å². The fraction of sp³-hybridized carbons (Fsp3) is 0.583. The molecule has 0 aliphatic carbocycles. The number of carboxylic acid groups (broad SMARTS) is 1. The average Bonchev–Trinajstić information content (AvgIpc) is 2.96. The van der Waals surface area contributed by atoms with Gasteiger partial charge in [0.15, 0.2) is 0 Å². The fourth-order valence-corrected chi connectivity index (χ4v) is 2.57. The number of urea groups is 1. The number of aliphatic carboxylic acids is 1. The summed E-state index contributed by atoms with van der Waals surface area (Å²) in [5.74, 6) is -0.783. The molecule has 2 N–H and O–H groups in total. The Bertz CT molecular complexity index is 444. The van der Waals surface area contributed by atoms with Gasteiger partial charge in [-0.3, -0.25) is 14.7 Å². The van der Waals surface area contributed by atoms with Crippen LogP contribution in [-0.4, -0.2) is 64.6 Å². The predicted octanol–water partition coefficient (Wildman–Crippen LogP) is 0.445. The predicted molar refractivity (Wildman–Crippen MR) is 74.6 cm³/mol. The monoisotopic (exact) mass is 298 g/mol. The topological polar surface area (TPSA) is 85.8 Å². The van der Waals surface area contributed by atoms with Gasteiger partial charge in [-0.1, -0.05) is 0 Å². The number of thiazole rings is 1. The Kier molecular flexibility index (Phi) is 5.31. The minimum Gasteiger partial charge on any atom is -0.481 e. The molecule has 0 unspecified atom stereocenters. The summed E-state index contributed by atoms with van der Waals surface area (Å²) < 4.78 is 0. The number of rotatable bonds is 5. The van der Waals surface area contributed by atoms with Gasteiger partial charge in [0.1, 0.15) is 0 Å². The maximum Gasteiger partial charge on any atom is 0.317 e. The highest BCUT2D eigenvalue weighted by Crippen LogP contribution is 2.06. The minimum atomic E-state index is -0.783. The molecule has 8 heteroatoms. The molecule has 0 bridgehead atoms. The van der Waals surface area contributed by atoms with E-state index >= 15 is 0 Å². The lowest BCUT2D eigenvalue weighted by atomic mass is 10.3. The summed E-state index contributed by atoms with van der Waals surface area (Å²) >= 11 is 1.51. The van der Waals surface area contributed by atoms with Gasteiger partial charge in [-0.05, 0) is 0 Å². The van der Waals surface area contributed by atoms with Crippen molar-refractivity contribution in [3.63, 3.8) is 0 Å². The second-order valence-corrected chi connectivity index (χ2v) is 5.57. The molecule has 2 amide bonds. The van der Waals surface area contributed by atoms with Crippen molar-refractivity contribution in [2.24, 2.45) is 0 Å². The average molecular weight is 298 g/mol.